The lowest BCUT2D eigenvalue weighted by Gasteiger charge is -2.09. The van der Waals surface area contributed by atoms with Gasteiger partial charge in [0.25, 0.3) is 0 Å². The second-order valence-electron chi connectivity index (χ2n) is 9.89. The topological polar surface area (TPSA) is 3.88 Å². The quantitative estimate of drug-likeness (QED) is 0.127. The summed E-state index contributed by atoms with van der Waals surface area (Å²) in [7, 11) is 0. The largest absolute Gasteiger partial charge is 0.205 e. The molecule has 0 aromatic carbocycles. The third kappa shape index (κ3) is 15.6. The SMILES string of the molecule is CCCCCCCCC[n+]1ccc(CCCCCCCC)c(CCCCCCCC)c1. The van der Waals surface area contributed by atoms with E-state index in [0.29, 0.717) is 0 Å². The van der Waals surface area contributed by atoms with Gasteiger partial charge in [0.2, 0.25) is 0 Å². The zero-order valence-corrected chi connectivity index (χ0v) is 21.7. The second kappa shape index (κ2) is 21.0. The molecule has 1 aromatic rings. The Morgan fingerprint density at radius 3 is 1.42 bits per heavy atom. The van der Waals surface area contributed by atoms with Crippen LogP contribution in [0.5, 0.6) is 0 Å². The average molecular weight is 431 g/mol. The highest BCUT2D eigenvalue weighted by atomic mass is 14.9. The molecule has 1 heteroatoms. The number of unbranched alkanes of at least 4 members (excludes halogenated alkanes) is 16. The van der Waals surface area contributed by atoms with Crippen molar-refractivity contribution in [1.82, 2.24) is 0 Å². The maximum atomic E-state index is 2.51. The van der Waals surface area contributed by atoms with Gasteiger partial charge in [-0.15, -0.1) is 0 Å². The molecule has 31 heavy (non-hydrogen) atoms. The highest BCUT2D eigenvalue weighted by Gasteiger charge is 2.10. The molecule has 0 unspecified atom stereocenters. The fourth-order valence-electron chi connectivity index (χ4n) is 4.67. The first-order chi connectivity index (χ1) is 15.3. The molecule has 1 heterocycles. The summed E-state index contributed by atoms with van der Waals surface area (Å²) in [5, 5.41) is 0. The van der Waals surface area contributed by atoms with Crippen molar-refractivity contribution in [1.29, 1.82) is 0 Å². The summed E-state index contributed by atoms with van der Waals surface area (Å²) in [4.78, 5) is 0. The Kier molecular flexibility index (Phi) is 19.1. The lowest BCUT2D eigenvalue weighted by Crippen LogP contribution is -2.34. The van der Waals surface area contributed by atoms with E-state index in [9.17, 15) is 0 Å². The first-order valence-electron chi connectivity index (χ1n) is 14.3. The molecule has 0 aliphatic rings. The van der Waals surface area contributed by atoms with Crippen LogP contribution in [0.4, 0.5) is 0 Å². The molecule has 180 valence electrons. The molecule has 0 bridgehead atoms. The fourth-order valence-corrected chi connectivity index (χ4v) is 4.67. The van der Waals surface area contributed by atoms with Gasteiger partial charge in [-0.1, -0.05) is 117 Å². The normalized spacial score (nSPS) is 11.3. The molecule has 0 fully saturated rings. The van der Waals surface area contributed by atoms with Crippen molar-refractivity contribution < 1.29 is 4.57 Å². The zero-order valence-electron chi connectivity index (χ0n) is 21.7. The van der Waals surface area contributed by atoms with Gasteiger partial charge in [-0.25, -0.2) is 4.57 Å². The Labute approximate surface area is 196 Å². The summed E-state index contributed by atoms with van der Waals surface area (Å²) in [5.74, 6) is 0. The van der Waals surface area contributed by atoms with Crippen LogP contribution in [0, 0.1) is 0 Å². The highest BCUT2D eigenvalue weighted by Crippen LogP contribution is 2.16. The van der Waals surface area contributed by atoms with Gasteiger partial charge in [-0.3, -0.25) is 0 Å². The van der Waals surface area contributed by atoms with Crippen molar-refractivity contribution in [2.75, 3.05) is 0 Å². The fraction of sp³-hybridized carbons (Fsp3) is 0.833. The van der Waals surface area contributed by atoms with Gasteiger partial charge in [-0.05, 0) is 37.7 Å². The van der Waals surface area contributed by atoms with Gasteiger partial charge in [0.15, 0.2) is 12.4 Å². The van der Waals surface area contributed by atoms with Crippen molar-refractivity contribution in [3.05, 3.63) is 29.6 Å². The summed E-state index contributed by atoms with van der Waals surface area (Å²) < 4.78 is 2.49. The second-order valence-corrected chi connectivity index (χ2v) is 9.89. The molecule has 0 saturated carbocycles. The maximum Gasteiger partial charge on any atom is 0.172 e. The van der Waals surface area contributed by atoms with E-state index in [0.717, 1.165) is 0 Å². The van der Waals surface area contributed by atoms with Gasteiger partial charge in [0.1, 0.15) is 6.54 Å². The van der Waals surface area contributed by atoms with E-state index in [1.807, 2.05) is 0 Å². The molecule has 0 aliphatic heterocycles. The third-order valence-corrected chi connectivity index (χ3v) is 6.82. The molecule has 1 rings (SSSR count). The minimum atomic E-state index is 1.20. The van der Waals surface area contributed by atoms with Crippen LogP contribution in [0.1, 0.15) is 154 Å². The molecule has 0 amide bonds. The van der Waals surface area contributed by atoms with Gasteiger partial charge in [0.05, 0.1) is 0 Å². The summed E-state index contributed by atoms with van der Waals surface area (Å²) in [6.45, 7) is 8.12. The number of pyridine rings is 1. The number of hydrogen-bond acceptors (Lipinski definition) is 0. The Hall–Kier alpha value is -0.850. The van der Waals surface area contributed by atoms with Crippen LogP contribution < -0.4 is 4.57 Å². The summed E-state index contributed by atoms with van der Waals surface area (Å²) in [6, 6.07) is 2.46. The third-order valence-electron chi connectivity index (χ3n) is 6.82. The van der Waals surface area contributed by atoms with Crippen molar-refractivity contribution in [3.8, 4) is 0 Å². The number of hydrogen-bond donors (Lipinski definition) is 0. The zero-order chi connectivity index (χ0) is 22.4. The molecule has 0 saturated heterocycles. The van der Waals surface area contributed by atoms with Crippen molar-refractivity contribution in [2.45, 2.75) is 162 Å². The minimum absolute atomic E-state index is 1.20. The van der Waals surface area contributed by atoms with Crippen LogP contribution in [0.15, 0.2) is 18.5 Å². The first-order valence-corrected chi connectivity index (χ1v) is 14.3. The molecule has 0 spiro atoms. The van der Waals surface area contributed by atoms with Crippen molar-refractivity contribution in [3.63, 3.8) is 0 Å². The predicted octanol–water partition coefficient (Wildman–Crippen LogP) is 9.53. The van der Waals surface area contributed by atoms with E-state index in [2.05, 4.69) is 43.8 Å². The number of aromatic nitrogens is 1. The summed E-state index contributed by atoms with van der Waals surface area (Å²) in [5.41, 5.74) is 3.29. The molecule has 1 nitrogen and oxygen atoms in total. The number of rotatable bonds is 22. The molecule has 0 N–H and O–H groups in total. The van der Waals surface area contributed by atoms with E-state index >= 15 is 0 Å². The first kappa shape index (κ1) is 28.2. The smallest absolute Gasteiger partial charge is 0.172 e. The van der Waals surface area contributed by atoms with Gasteiger partial charge < -0.3 is 0 Å². The van der Waals surface area contributed by atoms with E-state index in [4.69, 9.17) is 0 Å². The standard InChI is InChI=1S/C30H56N/c1-4-7-10-13-16-19-22-26-31-27-25-29(23-20-17-14-11-8-5-2)30(28-31)24-21-18-15-12-9-6-3/h25,27-28H,4-24,26H2,1-3H3/q+1. The Bertz CT molecular complexity index is 507. The number of nitrogens with zero attached hydrogens (tertiary/aromatic N) is 1. The van der Waals surface area contributed by atoms with Crippen LogP contribution in [-0.2, 0) is 19.4 Å². The molecular weight excluding hydrogens is 374 g/mol. The molecule has 0 aliphatic carbocycles. The van der Waals surface area contributed by atoms with Crippen molar-refractivity contribution in [2.24, 2.45) is 0 Å². The predicted molar refractivity (Wildman–Crippen MR) is 139 cm³/mol. The maximum absolute atomic E-state index is 2.51. The van der Waals surface area contributed by atoms with Crippen LogP contribution >= 0.6 is 0 Å². The average Bonchev–Trinajstić information content (AvgIpc) is 2.79. The summed E-state index contributed by atoms with van der Waals surface area (Å²) in [6.07, 6.45) is 34.0. The number of aryl methyl sites for hydroxylation is 3. The molecule has 0 atom stereocenters. The van der Waals surface area contributed by atoms with E-state index in [1.165, 1.54) is 141 Å². The molecular formula is C30H56N+. The van der Waals surface area contributed by atoms with Crippen LogP contribution in [0.3, 0.4) is 0 Å². The van der Waals surface area contributed by atoms with Gasteiger partial charge >= 0.3 is 0 Å². The monoisotopic (exact) mass is 430 g/mol. The van der Waals surface area contributed by atoms with Crippen LogP contribution in [-0.4, -0.2) is 0 Å². The highest BCUT2D eigenvalue weighted by molar-refractivity contribution is 5.21. The van der Waals surface area contributed by atoms with Crippen molar-refractivity contribution >= 4 is 0 Å². The van der Waals surface area contributed by atoms with Gasteiger partial charge in [-0.2, -0.15) is 0 Å². The van der Waals surface area contributed by atoms with Crippen LogP contribution in [0.2, 0.25) is 0 Å². The lowest BCUT2D eigenvalue weighted by molar-refractivity contribution is -0.697. The Morgan fingerprint density at radius 1 is 0.484 bits per heavy atom. The molecule has 0 radical (unpaired) electrons. The lowest BCUT2D eigenvalue weighted by atomic mass is 9.98. The Balaban J connectivity index is 2.45. The van der Waals surface area contributed by atoms with Crippen LogP contribution in [0.25, 0.3) is 0 Å². The van der Waals surface area contributed by atoms with E-state index in [-0.39, 0.29) is 0 Å². The Morgan fingerprint density at radius 2 is 0.903 bits per heavy atom. The van der Waals surface area contributed by atoms with E-state index in [1.54, 1.807) is 11.1 Å². The summed E-state index contributed by atoms with van der Waals surface area (Å²) >= 11 is 0. The molecule has 1 aromatic heterocycles. The van der Waals surface area contributed by atoms with E-state index < -0.39 is 0 Å². The van der Waals surface area contributed by atoms with Gasteiger partial charge in [0, 0.05) is 18.1 Å². The minimum Gasteiger partial charge on any atom is -0.205 e.